The number of hydrogen-bond donors (Lipinski definition) is 2. The van der Waals surface area contributed by atoms with E-state index in [1.165, 1.54) is 7.11 Å². The van der Waals surface area contributed by atoms with Gasteiger partial charge >= 0.3 is 17.9 Å². The van der Waals surface area contributed by atoms with Crippen LogP contribution in [-0.2, 0) is 33.4 Å². The molecule has 0 aromatic heterocycles. The molecule has 0 spiro atoms. The summed E-state index contributed by atoms with van der Waals surface area (Å²) in [6.07, 6.45) is -3.18. The molecule has 9 heteroatoms. The predicted octanol–water partition coefficient (Wildman–Crippen LogP) is -0.913. The third kappa shape index (κ3) is 7.88. The number of carbonyl (C=O) groups is 4. The first-order valence-electron chi connectivity index (χ1n) is 6.13. The van der Waals surface area contributed by atoms with Gasteiger partial charge in [-0.25, -0.2) is 4.79 Å². The lowest BCUT2D eigenvalue weighted by molar-refractivity contribution is -0.180. The number of carboxylic acids is 1. The molecule has 0 heterocycles. The highest BCUT2D eigenvalue weighted by atomic mass is 16.6. The Morgan fingerprint density at radius 1 is 1.05 bits per heavy atom. The van der Waals surface area contributed by atoms with Crippen molar-refractivity contribution in [2.75, 3.05) is 20.3 Å². The average Bonchev–Trinajstić information content (AvgIpc) is 2.37. The number of methoxy groups -OCH3 is 1. The molecule has 21 heavy (non-hydrogen) atoms. The summed E-state index contributed by atoms with van der Waals surface area (Å²) in [6, 6.07) is 0. The molecule has 2 atom stereocenters. The minimum absolute atomic E-state index is 0.191. The molecule has 1 amide bonds. The smallest absolute Gasteiger partial charge is 0.349 e. The maximum atomic E-state index is 11.9. The molecular formula is C12H19NO8. The van der Waals surface area contributed by atoms with Gasteiger partial charge in [0.05, 0.1) is 0 Å². The van der Waals surface area contributed by atoms with Gasteiger partial charge in [0.2, 0.25) is 12.2 Å². The van der Waals surface area contributed by atoms with Crippen molar-refractivity contribution in [2.24, 2.45) is 0 Å². The van der Waals surface area contributed by atoms with Gasteiger partial charge in [-0.05, 0) is 6.42 Å². The Hall–Kier alpha value is -2.16. The van der Waals surface area contributed by atoms with Gasteiger partial charge in [-0.15, -0.1) is 0 Å². The first-order valence-corrected chi connectivity index (χ1v) is 6.13. The highest BCUT2D eigenvalue weighted by molar-refractivity contribution is 5.90. The number of esters is 2. The van der Waals surface area contributed by atoms with Crippen LogP contribution in [0.5, 0.6) is 0 Å². The molecule has 0 radical (unpaired) electrons. The summed E-state index contributed by atoms with van der Waals surface area (Å²) in [6.45, 7) is 2.58. The standard InChI is InChI=1S/C12H19NO8/c1-7(14)20-9(10(12(17)18)21-8(2)15)11(16)13-5-4-6-19-3/h9-10H,4-6H2,1-3H3,(H,13,16)(H,17,18). The molecule has 0 rings (SSSR count). The molecule has 0 saturated carbocycles. The molecule has 0 bridgehead atoms. The fraction of sp³-hybridized carbons (Fsp3) is 0.667. The van der Waals surface area contributed by atoms with Gasteiger partial charge in [0.15, 0.2) is 0 Å². The van der Waals surface area contributed by atoms with Gasteiger partial charge in [0.25, 0.3) is 5.91 Å². The molecule has 0 aromatic rings. The maximum absolute atomic E-state index is 11.9. The van der Waals surface area contributed by atoms with E-state index in [4.69, 9.17) is 9.84 Å². The van der Waals surface area contributed by atoms with E-state index in [2.05, 4.69) is 14.8 Å². The van der Waals surface area contributed by atoms with E-state index in [1.807, 2.05) is 0 Å². The third-order valence-corrected chi connectivity index (χ3v) is 2.19. The number of ether oxygens (including phenoxy) is 3. The second-order valence-electron chi connectivity index (χ2n) is 4.04. The lowest BCUT2D eigenvalue weighted by Gasteiger charge is -2.22. The van der Waals surface area contributed by atoms with Crippen LogP contribution in [0.3, 0.4) is 0 Å². The molecule has 120 valence electrons. The molecule has 0 aliphatic carbocycles. The monoisotopic (exact) mass is 305 g/mol. The second kappa shape index (κ2) is 9.70. The molecular weight excluding hydrogens is 286 g/mol. The molecule has 0 aliphatic heterocycles. The van der Waals surface area contributed by atoms with Gasteiger partial charge < -0.3 is 24.6 Å². The molecule has 2 N–H and O–H groups in total. The van der Waals surface area contributed by atoms with Crippen molar-refractivity contribution in [3.8, 4) is 0 Å². The normalized spacial score (nSPS) is 12.9. The van der Waals surface area contributed by atoms with Crippen molar-refractivity contribution in [1.82, 2.24) is 5.32 Å². The number of nitrogens with one attached hydrogen (secondary N) is 1. The molecule has 0 fully saturated rings. The van der Waals surface area contributed by atoms with E-state index in [1.54, 1.807) is 0 Å². The minimum Gasteiger partial charge on any atom is -0.478 e. The van der Waals surface area contributed by atoms with Crippen molar-refractivity contribution in [2.45, 2.75) is 32.5 Å². The lowest BCUT2D eigenvalue weighted by Crippen LogP contribution is -2.50. The highest BCUT2D eigenvalue weighted by Crippen LogP contribution is 2.07. The zero-order valence-electron chi connectivity index (χ0n) is 12.1. The van der Waals surface area contributed by atoms with E-state index >= 15 is 0 Å². The minimum atomic E-state index is -1.91. The molecule has 2 unspecified atom stereocenters. The number of rotatable bonds is 9. The van der Waals surface area contributed by atoms with E-state index in [0.29, 0.717) is 13.0 Å². The predicted molar refractivity (Wildman–Crippen MR) is 68.2 cm³/mol. The van der Waals surface area contributed by atoms with Crippen LogP contribution >= 0.6 is 0 Å². The zero-order chi connectivity index (χ0) is 16.4. The number of carboxylic acid groups (broad SMARTS) is 1. The molecule has 9 nitrogen and oxygen atoms in total. The summed E-state index contributed by atoms with van der Waals surface area (Å²) in [5.74, 6) is -4.24. The van der Waals surface area contributed by atoms with Crippen LogP contribution in [0, 0.1) is 0 Å². The fourth-order valence-electron chi connectivity index (χ4n) is 1.38. The average molecular weight is 305 g/mol. The Morgan fingerprint density at radius 3 is 2.00 bits per heavy atom. The number of carbonyl (C=O) groups excluding carboxylic acids is 3. The van der Waals surface area contributed by atoms with E-state index in [0.717, 1.165) is 13.8 Å². The maximum Gasteiger partial charge on any atom is 0.349 e. The number of aliphatic carboxylic acids is 1. The van der Waals surface area contributed by atoms with Gasteiger partial charge in [-0.1, -0.05) is 0 Å². The van der Waals surface area contributed by atoms with Crippen LogP contribution in [0.4, 0.5) is 0 Å². The SMILES string of the molecule is COCCCNC(=O)C(OC(C)=O)C(OC(C)=O)C(=O)O. The van der Waals surface area contributed by atoms with Crippen molar-refractivity contribution in [3.63, 3.8) is 0 Å². The van der Waals surface area contributed by atoms with Gasteiger partial charge in [0, 0.05) is 34.1 Å². The first-order chi connectivity index (χ1) is 9.79. The van der Waals surface area contributed by atoms with Crippen LogP contribution in [0.2, 0.25) is 0 Å². The Bertz CT molecular complexity index is 395. The zero-order valence-corrected chi connectivity index (χ0v) is 12.1. The Kier molecular flexibility index (Phi) is 8.70. The van der Waals surface area contributed by atoms with Crippen LogP contribution in [0.1, 0.15) is 20.3 Å². The fourth-order valence-corrected chi connectivity index (χ4v) is 1.38. The summed E-state index contributed by atoms with van der Waals surface area (Å²) >= 11 is 0. The number of amides is 1. The van der Waals surface area contributed by atoms with Crippen LogP contribution < -0.4 is 5.32 Å². The summed E-state index contributed by atoms with van der Waals surface area (Å²) in [5.41, 5.74) is 0. The summed E-state index contributed by atoms with van der Waals surface area (Å²) in [5, 5.41) is 11.4. The first kappa shape index (κ1) is 18.8. The topological polar surface area (TPSA) is 128 Å². The third-order valence-electron chi connectivity index (χ3n) is 2.19. The largest absolute Gasteiger partial charge is 0.478 e. The summed E-state index contributed by atoms with van der Waals surface area (Å²) in [7, 11) is 1.49. The van der Waals surface area contributed by atoms with Gasteiger partial charge in [-0.3, -0.25) is 14.4 Å². The van der Waals surface area contributed by atoms with E-state index in [-0.39, 0.29) is 6.54 Å². The molecule has 0 saturated heterocycles. The van der Waals surface area contributed by atoms with Crippen LogP contribution in [-0.4, -0.2) is 61.4 Å². The van der Waals surface area contributed by atoms with E-state index in [9.17, 15) is 19.2 Å². The highest BCUT2D eigenvalue weighted by Gasteiger charge is 2.39. The van der Waals surface area contributed by atoms with Crippen molar-refractivity contribution in [1.29, 1.82) is 0 Å². The Labute approximate surface area is 121 Å². The molecule has 0 aliphatic rings. The van der Waals surface area contributed by atoms with Crippen molar-refractivity contribution < 1.29 is 38.5 Å². The van der Waals surface area contributed by atoms with Crippen molar-refractivity contribution >= 4 is 23.8 Å². The lowest BCUT2D eigenvalue weighted by atomic mass is 10.2. The van der Waals surface area contributed by atoms with Crippen molar-refractivity contribution in [3.05, 3.63) is 0 Å². The molecule has 0 aromatic carbocycles. The summed E-state index contributed by atoms with van der Waals surface area (Å²) < 4.78 is 14.0. The van der Waals surface area contributed by atoms with Gasteiger partial charge in [-0.2, -0.15) is 0 Å². The van der Waals surface area contributed by atoms with E-state index < -0.39 is 36.0 Å². The Morgan fingerprint density at radius 2 is 1.57 bits per heavy atom. The number of hydrogen-bond acceptors (Lipinski definition) is 7. The Balaban J connectivity index is 4.88. The quantitative estimate of drug-likeness (QED) is 0.414. The second-order valence-corrected chi connectivity index (χ2v) is 4.04. The van der Waals surface area contributed by atoms with Gasteiger partial charge in [0.1, 0.15) is 0 Å². The summed E-state index contributed by atoms with van der Waals surface area (Å²) in [4.78, 5) is 44.8. The van der Waals surface area contributed by atoms with Crippen LogP contribution in [0.15, 0.2) is 0 Å². The van der Waals surface area contributed by atoms with Crippen LogP contribution in [0.25, 0.3) is 0 Å².